The molecule has 5 nitrogen and oxygen atoms in total. The second-order valence-corrected chi connectivity index (χ2v) is 12.1. The van der Waals surface area contributed by atoms with Gasteiger partial charge in [-0.05, 0) is 128 Å². The summed E-state index contributed by atoms with van der Waals surface area (Å²) in [5, 5.41) is 9.77. The van der Waals surface area contributed by atoms with Crippen LogP contribution in [0.2, 0.25) is 0 Å². The molecule has 3 aliphatic rings. The highest BCUT2D eigenvalue weighted by atomic mass is 16.5. The number of carbonyl (C=O) groups is 1. The van der Waals surface area contributed by atoms with Gasteiger partial charge in [0.25, 0.3) is 0 Å². The van der Waals surface area contributed by atoms with Gasteiger partial charge in [0.05, 0.1) is 5.92 Å². The van der Waals surface area contributed by atoms with E-state index in [1.807, 2.05) is 20.0 Å². The molecule has 1 N–H and O–H groups in total. The summed E-state index contributed by atoms with van der Waals surface area (Å²) < 4.78 is 6.77. The van der Waals surface area contributed by atoms with Gasteiger partial charge in [-0.25, -0.2) is 0 Å². The van der Waals surface area contributed by atoms with Gasteiger partial charge in [-0.3, -0.25) is 14.7 Å². The number of nitrogens with zero attached hydrogens (tertiary/aromatic N) is 2. The zero-order chi connectivity index (χ0) is 27.1. The van der Waals surface area contributed by atoms with E-state index >= 15 is 0 Å². The van der Waals surface area contributed by atoms with Gasteiger partial charge < -0.3 is 9.84 Å². The molecule has 1 unspecified atom stereocenters. The molecule has 2 aliphatic heterocycles. The molecule has 0 bridgehead atoms. The number of aromatic nitrogens is 1. The summed E-state index contributed by atoms with van der Waals surface area (Å²) in [5.74, 6) is 0.336. The number of hydrogen-bond acceptors (Lipinski definition) is 4. The van der Waals surface area contributed by atoms with Crippen molar-refractivity contribution >= 4 is 5.97 Å². The lowest BCUT2D eigenvalue weighted by molar-refractivity contribution is -0.142. The standard InChI is InChI=1S/C34H40N2O3/c1-21-17-27(14-15-35-21)26-10-12-30(29(18-26)20-36-16-4-5-22(36)2)31-13-11-24-6-9-28(19-32(24)39-31)33(25-7-8-25)23(3)34(37)38/h6,9-10,12,14-15,17-19,22-23,25,31,33H,4-5,7-8,11,13,16,20H2,1-3H3,(H,37,38)/t22-,23+,31?,33+/m1/s1. The van der Waals surface area contributed by atoms with E-state index < -0.39 is 11.9 Å². The van der Waals surface area contributed by atoms with E-state index in [2.05, 4.69) is 65.3 Å². The summed E-state index contributed by atoms with van der Waals surface area (Å²) >= 11 is 0. The van der Waals surface area contributed by atoms with Gasteiger partial charge in [0.2, 0.25) is 0 Å². The molecule has 3 aromatic rings. The van der Waals surface area contributed by atoms with Crippen LogP contribution in [0.5, 0.6) is 5.75 Å². The van der Waals surface area contributed by atoms with E-state index in [1.54, 1.807) is 0 Å². The summed E-state index contributed by atoms with van der Waals surface area (Å²) in [6.07, 6.45) is 8.53. The first kappa shape index (κ1) is 26.1. The first-order chi connectivity index (χ1) is 18.9. The van der Waals surface area contributed by atoms with E-state index in [4.69, 9.17) is 4.74 Å². The van der Waals surface area contributed by atoms with Gasteiger partial charge in [-0.1, -0.05) is 31.2 Å². The Bertz CT molecular complexity index is 1360. The molecule has 6 rings (SSSR count). The second kappa shape index (κ2) is 10.8. The Labute approximate surface area is 232 Å². The topological polar surface area (TPSA) is 62.7 Å². The van der Waals surface area contributed by atoms with Gasteiger partial charge >= 0.3 is 5.97 Å². The highest BCUT2D eigenvalue weighted by Gasteiger charge is 2.39. The van der Waals surface area contributed by atoms with Gasteiger partial charge in [0.15, 0.2) is 0 Å². The van der Waals surface area contributed by atoms with Gasteiger partial charge in [-0.15, -0.1) is 0 Å². The molecule has 5 heteroatoms. The van der Waals surface area contributed by atoms with Crippen molar-refractivity contribution in [3.05, 3.63) is 82.7 Å². The van der Waals surface area contributed by atoms with E-state index in [1.165, 1.54) is 40.7 Å². The Balaban J connectivity index is 1.32. The number of rotatable bonds is 8. The van der Waals surface area contributed by atoms with Crippen molar-refractivity contribution in [1.29, 1.82) is 0 Å². The van der Waals surface area contributed by atoms with E-state index in [0.717, 1.165) is 55.8 Å². The summed E-state index contributed by atoms with van der Waals surface area (Å²) in [6, 6.07) is 18.2. The van der Waals surface area contributed by atoms with Crippen LogP contribution in [-0.2, 0) is 17.8 Å². The molecule has 1 saturated heterocycles. The average molecular weight is 525 g/mol. The van der Waals surface area contributed by atoms with Crippen molar-refractivity contribution in [3.63, 3.8) is 0 Å². The fourth-order valence-corrected chi connectivity index (χ4v) is 6.80. The van der Waals surface area contributed by atoms with Crippen molar-refractivity contribution in [2.45, 2.75) is 83.9 Å². The molecule has 2 aromatic carbocycles. The molecule has 204 valence electrons. The van der Waals surface area contributed by atoms with Crippen molar-refractivity contribution in [2.75, 3.05) is 6.54 Å². The Hall–Kier alpha value is -3.18. The molecule has 1 saturated carbocycles. The molecule has 2 fully saturated rings. The minimum atomic E-state index is -0.714. The Morgan fingerprint density at radius 3 is 2.62 bits per heavy atom. The fourth-order valence-electron chi connectivity index (χ4n) is 6.80. The van der Waals surface area contributed by atoms with Crippen molar-refractivity contribution in [1.82, 2.24) is 9.88 Å². The summed E-state index contributed by atoms with van der Waals surface area (Å²) in [7, 11) is 0. The number of benzene rings is 2. The third-order valence-electron chi connectivity index (χ3n) is 9.26. The zero-order valence-corrected chi connectivity index (χ0v) is 23.4. The molecule has 3 heterocycles. The van der Waals surface area contributed by atoms with Gasteiger partial charge in [0.1, 0.15) is 11.9 Å². The number of carboxylic acids is 1. The van der Waals surface area contributed by atoms with Crippen LogP contribution >= 0.6 is 0 Å². The fraction of sp³-hybridized carbons (Fsp3) is 0.471. The Kier molecular flexibility index (Phi) is 7.20. The Morgan fingerprint density at radius 1 is 1.08 bits per heavy atom. The molecule has 0 spiro atoms. The van der Waals surface area contributed by atoms with Crippen LogP contribution < -0.4 is 4.74 Å². The molecular formula is C34H40N2O3. The molecule has 39 heavy (non-hydrogen) atoms. The predicted octanol–water partition coefficient (Wildman–Crippen LogP) is 7.32. The normalized spacial score (nSPS) is 22.6. The van der Waals surface area contributed by atoms with Crippen LogP contribution in [-0.4, -0.2) is 33.5 Å². The predicted molar refractivity (Wildman–Crippen MR) is 154 cm³/mol. The smallest absolute Gasteiger partial charge is 0.306 e. The lowest BCUT2D eigenvalue weighted by atomic mass is 9.82. The highest BCUT2D eigenvalue weighted by Crippen LogP contribution is 2.48. The number of ether oxygens (including phenoxy) is 1. The lowest BCUT2D eigenvalue weighted by Gasteiger charge is -2.31. The Morgan fingerprint density at radius 2 is 1.90 bits per heavy atom. The largest absolute Gasteiger partial charge is 0.485 e. The van der Waals surface area contributed by atoms with Crippen LogP contribution in [0.15, 0.2) is 54.7 Å². The molecular weight excluding hydrogens is 484 g/mol. The number of aliphatic carboxylic acids is 1. The number of fused-ring (bicyclic) bond motifs is 1. The van der Waals surface area contributed by atoms with Gasteiger partial charge in [0, 0.05) is 24.5 Å². The van der Waals surface area contributed by atoms with Crippen molar-refractivity contribution < 1.29 is 14.6 Å². The maximum absolute atomic E-state index is 11.9. The number of likely N-dealkylation sites (tertiary alicyclic amines) is 1. The average Bonchev–Trinajstić information content (AvgIpc) is 3.69. The van der Waals surface area contributed by atoms with Gasteiger partial charge in [-0.2, -0.15) is 0 Å². The number of aryl methyl sites for hydroxylation is 2. The molecule has 1 aliphatic carbocycles. The minimum absolute atomic E-state index is 0.00911. The van der Waals surface area contributed by atoms with Crippen molar-refractivity contribution in [2.24, 2.45) is 11.8 Å². The quantitative estimate of drug-likeness (QED) is 0.334. The van der Waals surface area contributed by atoms with Crippen LogP contribution in [0.25, 0.3) is 11.1 Å². The summed E-state index contributed by atoms with van der Waals surface area (Å²) in [6.45, 7) is 8.30. The molecule has 1 aromatic heterocycles. The third-order valence-corrected chi connectivity index (χ3v) is 9.26. The lowest BCUT2D eigenvalue weighted by Crippen LogP contribution is -2.27. The highest BCUT2D eigenvalue weighted by molar-refractivity contribution is 5.71. The maximum Gasteiger partial charge on any atom is 0.306 e. The summed E-state index contributed by atoms with van der Waals surface area (Å²) in [5.41, 5.74) is 8.40. The maximum atomic E-state index is 11.9. The molecule has 4 atom stereocenters. The van der Waals surface area contributed by atoms with Crippen LogP contribution in [0.4, 0.5) is 0 Å². The molecule has 0 radical (unpaired) electrons. The number of hydrogen-bond donors (Lipinski definition) is 1. The first-order valence-electron chi connectivity index (χ1n) is 14.7. The van der Waals surface area contributed by atoms with Crippen LogP contribution in [0, 0.1) is 18.8 Å². The van der Waals surface area contributed by atoms with Crippen LogP contribution in [0.1, 0.15) is 85.9 Å². The summed E-state index contributed by atoms with van der Waals surface area (Å²) in [4.78, 5) is 18.9. The molecule has 0 amide bonds. The SMILES string of the molecule is Cc1cc(-c2ccc(C3CCc4ccc([C@H](C5CC5)[C@H](C)C(=O)O)cc4O3)c(CN3CCC[C@H]3C)c2)ccn1. The van der Waals surface area contributed by atoms with Crippen molar-refractivity contribution in [3.8, 4) is 16.9 Å². The van der Waals surface area contributed by atoms with Crippen LogP contribution in [0.3, 0.4) is 0 Å². The minimum Gasteiger partial charge on any atom is -0.485 e. The second-order valence-electron chi connectivity index (χ2n) is 12.1. The monoisotopic (exact) mass is 524 g/mol. The zero-order valence-electron chi connectivity index (χ0n) is 23.4. The van der Waals surface area contributed by atoms with E-state index in [9.17, 15) is 9.90 Å². The number of pyridine rings is 1. The van der Waals surface area contributed by atoms with E-state index in [0.29, 0.717) is 12.0 Å². The first-order valence-corrected chi connectivity index (χ1v) is 14.7. The number of carboxylic acid groups (broad SMARTS) is 1. The van der Waals surface area contributed by atoms with E-state index in [-0.39, 0.29) is 12.0 Å². The third kappa shape index (κ3) is 5.47.